The lowest BCUT2D eigenvalue weighted by Crippen LogP contribution is -2.32. The molecule has 1 saturated carbocycles. The minimum Gasteiger partial charge on any atom is -0.299 e. The van der Waals surface area contributed by atoms with Crippen LogP contribution in [0, 0.1) is 11.8 Å². The Balaban J connectivity index is 2.25. The van der Waals surface area contributed by atoms with Gasteiger partial charge in [-0.25, -0.2) is 0 Å². The van der Waals surface area contributed by atoms with Crippen LogP contribution in [0.15, 0.2) is 0 Å². The van der Waals surface area contributed by atoms with Gasteiger partial charge in [-0.2, -0.15) is 0 Å². The molecule has 0 heterocycles. The standard InChI is InChI=1S/C12H23NO/c1-10(2)8-13(3)9-12(14)11-6-4-5-7-11/h10-11H,4-9H2,1-3H3. The highest BCUT2D eigenvalue weighted by Crippen LogP contribution is 2.25. The lowest BCUT2D eigenvalue weighted by molar-refractivity contribution is -0.123. The minimum atomic E-state index is 0.379. The van der Waals surface area contributed by atoms with Crippen LogP contribution < -0.4 is 0 Å². The van der Waals surface area contributed by atoms with Crippen LogP contribution in [-0.4, -0.2) is 30.8 Å². The van der Waals surface area contributed by atoms with Gasteiger partial charge in [-0.15, -0.1) is 0 Å². The van der Waals surface area contributed by atoms with E-state index >= 15 is 0 Å². The van der Waals surface area contributed by atoms with Crippen LogP contribution in [0.3, 0.4) is 0 Å². The molecule has 82 valence electrons. The molecule has 0 aromatic rings. The topological polar surface area (TPSA) is 20.3 Å². The molecule has 2 nitrogen and oxygen atoms in total. The van der Waals surface area contributed by atoms with Crippen LogP contribution in [0.1, 0.15) is 39.5 Å². The number of nitrogens with zero attached hydrogens (tertiary/aromatic N) is 1. The maximum absolute atomic E-state index is 11.8. The molecule has 1 fully saturated rings. The maximum Gasteiger partial charge on any atom is 0.149 e. The highest BCUT2D eigenvalue weighted by Gasteiger charge is 2.23. The van der Waals surface area contributed by atoms with Crippen molar-refractivity contribution in [1.29, 1.82) is 0 Å². The van der Waals surface area contributed by atoms with Gasteiger partial charge in [0.05, 0.1) is 6.54 Å². The fraction of sp³-hybridized carbons (Fsp3) is 0.917. The van der Waals surface area contributed by atoms with Gasteiger partial charge in [0.2, 0.25) is 0 Å². The molecule has 0 aromatic carbocycles. The smallest absolute Gasteiger partial charge is 0.149 e. The highest BCUT2D eigenvalue weighted by molar-refractivity contribution is 5.83. The van der Waals surface area contributed by atoms with Gasteiger partial charge in [-0.05, 0) is 25.8 Å². The van der Waals surface area contributed by atoms with Gasteiger partial charge in [0.1, 0.15) is 5.78 Å². The summed E-state index contributed by atoms with van der Waals surface area (Å²) in [4.78, 5) is 14.0. The molecule has 0 bridgehead atoms. The number of carbonyl (C=O) groups is 1. The van der Waals surface area contributed by atoms with Crippen molar-refractivity contribution in [1.82, 2.24) is 4.90 Å². The molecule has 0 spiro atoms. The van der Waals surface area contributed by atoms with E-state index in [-0.39, 0.29) is 0 Å². The lowest BCUT2D eigenvalue weighted by atomic mass is 10.0. The van der Waals surface area contributed by atoms with Crippen molar-refractivity contribution in [3.05, 3.63) is 0 Å². The van der Waals surface area contributed by atoms with Gasteiger partial charge in [0.15, 0.2) is 0 Å². The summed E-state index contributed by atoms with van der Waals surface area (Å²) in [6, 6.07) is 0. The molecule has 0 N–H and O–H groups in total. The first-order valence-corrected chi connectivity index (χ1v) is 5.81. The summed E-state index contributed by atoms with van der Waals surface area (Å²) in [6.45, 7) is 6.06. The number of ketones is 1. The molecule has 2 heteroatoms. The molecule has 0 amide bonds. The van der Waals surface area contributed by atoms with Crippen molar-refractivity contribution < 1.29 is 4.79 Å². The normalized spacial score (nSPS) is 18.4. The average Bonchev–Trinajstić information content (AvgIpc) is 2.53. The van der Waals surface area contributed by atoms with Crippen LogP contribution in [0.4, 0.5) is 0 Å². The number of carbonyl (C=O) groups excluding carboxylic acids is 1. The molecule has 1 rings (SSSR count). The average molecular weight is 197 g/mol. The Morgan fingerprint density at radius 1 is 1.36 bits per heavy atom. The first kappa shape index (κ1) is 11.7. The van der Waals surface area contributed by atoms with E-state index in [1.807, 2.05) is 7.05 Å². The molecule has 1 aliphatic rings. The molecule has 0 aromatic heterocycles. The van der Waals surface area contributed by atoms with Crippen molar-refractivity contribution >= 4 is 5.78 Å². The van der Waals surface area contributed by atoms with Crippen molar-refractivity contribution in [2.75, 3.05) is 20.1 Å². The predicted octanol–water partition coefficient (Wildman–Crippen LogP) is 2.33. The molecule has 0 radical (unpaired) electrons. The molecule has 0 atom stereocenters. The van der Waals surface area contributed by atoms with E-state index in [0.717, 1.165) is 19.4 Å². The Morgan fingerprint density at radius 3 is 2.43 bits per heavy atom. The summed E-state index contributed by atoms with van der Waals surface area (Å²) in [5, 5.41) is 0. The summed E-state index contributed by atoms with van der Waals surface area (Å²) in [5.74, 6) is 1.49. The molecule has 14 heavy (non-hydrogen) atoms. The van der Waals surface area contributed by atoms with Crippen molar-refractivity contribution in [2.24, 2.45) is 11.8 Å². The van der Waals surface area contributed by atoms with E-state index in [9.17, 15) is 4.79 Å². The zero-order valence-electron chi connectivity index (χ0n) is 9.75. The largest absolute Gasteiger partial charge is 0.299 e. The van der Waals surface area contributed by atoms with E-state index in [0.29, 0.717) is 24.2 Å². The third kappa shape index (κ3) is 3.79. The lowest BCUT2D eigenvalue weighted by Gasteiger charge is -2.19. The zero-order valence-corrected chi connectivity index (χ0v) is 9.75. The van der Waals surface area contributed by atoms with E-state index in [4.69, 9.17) is 0 Å². The fourth-order valence-electron chi connectivity index (χ4n) is 2.33. The Labute approximate surface area is 87.7 Å². The highest BCUT2D eigenvalue weighted by atomic mass is 16.1. The van der Waals surface area contributed by atoms with E-state index in [1.165, 1.54) is 12.8 Å². The van der Waals surface area contributed by atoms with Crippen molar-refractivity contribution in [3.63, 3.8) is 0 Å². The Morgan fingerprint density at radius 2 is 1.93 bits per heavy atom. The van der Waals surface area contributed by atoms with Crippen LogP contribution in [0.2, 0.25) is 0 Å². The number of Topliss-reactive ketones (excluding diaryl/α,β-unsaturated/α-hetero) is 1. The SMILES string of the molecule is CC(C)CN(C)CC(=O)C1CCCC1. The van der Waals surface area contributed by atoms with E-state index in [2.05, 4.69) is 18.7 Å². The third-order valence-electron chi connectivity index (χ3n) is 2.91. The summed E-state index contributed by atoms with van der Waals surface area (Å²) in [7, 11) is 2.05. The van der Waals surface area contributed by atoms with E-state index in [1.54, 1.807) is 0 Å². The predicted molar refractivity (Wildman–Crippen MR) is 59.3 cm³/mol. The zero-order chi connectivity index (χ0) is 10.6. The second-order valence-electron chi connectivity index (χ2n) is 5.04. The van der Waals surface area contributed by atoms with Crippen LogP contribution in [0.5, 0.6) is 0 Å². The van der Waals surface area contributed by atoms with Gasteiger partial charge in [-0.1, -0.05) is 26.7 Å². The number of rotatable bonds is 5. The van der Waals surface area contributed by atoms with Gasteiger partial charge in [0.25, 0.3) is 0 Å². The Bertz CT molecular complexity index is 183. The third-order valence-corrected chi connectivity index (χ3v) is 2.91. The molecule has 1 aliphatic carbocycles. The monoisotopic (exact) mass is 197 g/mol. The Hall–Kier alpha value is -0.370. The number of hydrogen-bond donors (Lipinski definition) is 0. The first-order chi connectivity index (χ1) is 6.59. The molecular formula is C12H23NO. The summed E-state index contributed by atoms with van der Waals surface area (Å²) in [6.07, 6.45) is 4.78. The summed E-state index contributed by atoms with van der Waals surface area (Å²) < 4.78 is 0. The number of likely N-dealkylation sites (N-methyl/N-ethyl adjacent to an activating group) is 1. The van der Waals surface area contributed by atoms with E-state index < -0.39 is 0 Å². The van der Waals surface area contributed by atoms with Gasteiger partial charge in [0, 0.05) is 12.5 Å². The second-order valence-corrected chi connectivity index (χ2v) is 5.04. The van der Waals surface area contributed by atoms with Gasteiger partial charge < -0.3 is 0 Å². The van der Waals surface area contributed by atoms with Gasteiger partial charge >= 0.3 is 0 Å². The van der Waals surface area contributed by atoms with Crippen molar-refractivity contribution in [3.8, 4) is 0 Å². The molecule has 0 saturated heterocycles. The van der Waals surface area contributed by atoms with Crippen LogP contribution >= 0.6 is 0 Å². The van der Waals surface area contributed by atoms with Crippen molar-refractivity contribution in [2.45, 2.75) is 39.5 Å². The van der Waals surface area contributed by atoms with Crippen LogP contribution in [0.25, 0.3) is 0 Å². The number of hydrogen-bond acceptors (Lipinski definition) is 2. The quantitative estimate of drug-likeness (QED) is 0.674. The van der Waals surface area contributed by atoms with Gasteiger partial charge in [-0.3, -0.25) is 9.69 Å². The fourth-order valence-corrected chi connectivity index (χ4v) is 2.33. The first-order valence-electron chi connectivity index (χ1n) is 5.81. The second kappa shape index (κ2) is 5.50. The maximum atomic E-state index is 11.8. The van der Waals surface area contributed by atoms with Crippen LogP contribution in [-0.2, 0) is 4.79 Å². The molecular weight excluding hydrogens is 174 g/mol. The Kier molecular flexibility index (Phi) is 4.59. The molecule has 0 unspecified atom stereocenters. The summed E-state index contributed by atoms with van der Waals surface area (Å²) in [5.41, 5.74) is 0. The summed E-state index contributed by atoms with van der Waals surface area (Å²) >= 11 is 0. The minimum absolute atomic E-state index is 0.379. The molecule has 0 aliphatic heterocycles.